The van der Waals surface area contributed by atoms with Gasteiger partial charge in [-0.2, -0.15) is 0 Å². The van der Waals surface area contributed by atoms with Crippen LogP contribution in [0, 0.1) is 0 Å². The van der Waals surface area contributed by atoms with Crippen molar-refractivity contribution in [1.29, 1.82) is 0 Å². The van der Waals surface area contributed by atoms with Crippen LogP contribution in [0.1, 0.15) is 23.7 Å². The van der Waals surface area contributed by atoms with Gasteiger partial charge in [-0.1, -0.05) is 37.3 Å². The first-order valence-corrected chi connectivity index (χ1v) is 4.04. The maximum Gasteiger partial charge on any atom is 0.0715 e. The van der Waals surface area contributed by atoms with Gasteiger partial charge in [0, 0.05) is 5.97 Å². The van der Waals surface area contributed by atoms with E-state index in [1.807, 2.05) is 0 Å². The molecule has 0 unspecified atom stereocenters. The summed E-state index contributed by atoms with van der Waals surface area (Å²) in [6, 6.07) is 8.06. The van der Waals surface area contributed by atoms with Crippen LogP contribution in [0.4, 0.5) is 0 Å². The molecule has 1 aromatic carbocycles. The Morgan fingerprint density at radius 1 is 1.14 bits per heavy atom. The van der Waals surface area contributed by atoms with E-state index in [0.29, 0.717) is 0 Å². The number of carboxylic acid groups (broad SMARTS) is 2. The summed E-state index contributed by atoms with van der Waals surface area (Å²) in [5.41, 5.74) is 0.220. The van der Waals surface area contributed by atoms with Crippen molar-refractivity contribution in [3.05, 3.63) is 35.9 Å². The Kier molecular flexibility index (Phi) is 5.78. The largest absolute Gasteiger partial charge is 0.550 e. The molecule has 0 amide bonds. The number of rotatable bonds is 2. The third-order valence-electron chi connectivity index (χ3n) is 1.30. The summed E-state index contributed by atoms with van der Waals surface area (Å²) in [5, 5.41) is 19.3. The Hall–Kier alpha value is -1.84. The predicted octanol–water partition coefficient (Wildman–Crippen LogP) is -0.804. The van der Waals surface area contributed by atoms with Crippen molar-refractivity contribution in [2.75, 3.05) is 0 Å². The lowest BCUT2D eigenvalue weighted by Crippen LogP contribution is -2.21. The number of aliphatic carboxylic acids is 1. The zero-order valence-corrected chi connectivity index (χ0v) is 7.73. The molecule has 1 aromatic rings. The number of benzene rings is 1. The lowest BCUT2D eigenvalue weighted by atomic mass is 10.2. The molecule has 0 bridgehead atoms. The molecule has 0 aliphatic rings. The molecule has 0 aromatic heterocycles. The topological polar surface area (TPSA) is 80.3 Å². The molecular formula is C10H10O4-2. The summed E-state index contributed by atoms with van der Waals surface area (Å²) in [7, 11) is 0. The minimum absolute atomic E-state index is 0.111. The SMILES string of the molecule is CCC(=O)[O-].O=C([O-])c1ccccc1. The van der Waals surface area contributed by atoms with Crippen LogP contribution in [0.15, 0.2) is 30.3 Å². The summed E-state index contributed by atoms with van der Waals surface area (Å²) in [5.74, 6) is -2.12. The zero-order valence-electron chi connectivity index (χ0n) is 7.73. The lowest BCUT2D eigenvalue weighted by Gasteiger charge is -1.97. The Morgan fingerprint density at radius 2 is 1.57 bits per heavy atom. The lowest BCUT2D eigenvalue weighted by molar-refractivity contribution is -0.305. The number of carboxylic acids is 2. The molecule has 76 valence electrons. The van der Waals surface area contributed by atoms with E-state index in [1.165, 1.54) is 19.1 Å². The Morgan fingerprint density at radius 3 is 1.79 bits per heavy atom. The molecule has 0 fully saturated rings. The highest BCUT2D eigenvalue weighted by Crippen LogP contribution is 1.94. The van der Waals surface area contributed by atoms with Gasteiger partial charge >= 0.3 is 0 Å². The predicted molar refractivity (Wildman–Crippen MR) is 46.1 cm³/mol. The minimum Gasteiger partial charge on any atom is -0.550 e. The van der Waals surface area contributed by atoms with E-state index < -0.39 is 11.9 Å². The first kappa shape index (κ1) is 12.2. The highest BCUT2D eigenvalue weighted by molar-refractivity contribution is 5.85. The van der Waals surface area contributed by atoms with Crippen LogP contribution >= 0.6 is 0 Å². The highest BCUT2D eigenvalue weighted by atomic mass is 16.4. The van der Waals surface area contributed by atoms with Crippen LogP contribution in [-0.4, -0.2) is 11.9 Å². The molecule has 0 radical (unpaired) electrons. The Labute approximate surface area is 81.8 Å². The third-order valence-corrected chi connectivity index (χ3v) is 1.30. The second-order valence-electron chi connectivity index (χ2n) is 2.38. The van der Waals surface area contributed by atoms with Gasteiger partial charge in [0.15, 0.2) is 0 Å². The van der Waals surface area contributed by atoms with Gasteiger partial charge in [-0.15, -0.1) is 0 Å². The molecule has 0 saturated carbocycles. The van der Waals surface area contributed by atoms with Crippen LogP contribution in [0.5, 0.6) is 0 Å². The van der Waals surface area contributed by atoms with Crippen molar-refractivity contribution in [2.45, 2.75) is 13.3 Å². The average molecular weight is 194 g/mol. The van der Waals surface area contributed by atoms with Gasteiger partial charge in [-0.05, 0) is 12.0 Å². The van der Waals surface area contributed by atoms with Crippen molar-refractivity contribution < 1.29 is 19.8 Å². The number of hydrogen-bond acceptors (Lipinski definition) is 4. The van der Waals surface area contributed by atoms with Gasteiger partial charge in [0.2, 0.25) is 0 Å². The Balaban J connectivity index is 0.000000292. The smallest absolute Gasteiger partial charge is 0.0715 e. The molecule has 0 aliphatic heterocycles. The summed E-state index contributed by atoms with van der Waals surface area (Å²) in [4.78, 5) is 19.3. The van der Waals surface area contributed by atoms with Crippen molar-refractivity contribution in [3.8, 4) is 0 Å². The van der Waals surface area contributed by atoms with E-state index in [4.69, 9.17) is 0 Å². The maximum atomic E-state index is 10.1. The van der Waals surface area contributed by atoms with Crippen LogP contribution < -0.4 is 10.2 Å². The maximum absolute atomic E-state index is 10.1. The molecule has 0 heterocycles. The monoisotopic (exact) mass is 194 g/mol. The van der Waals surface area contributed by atoms with Gasteiger partial charge in [0.25, 0.3) is 0 Å². The molecule has 0 N–H and O–H groups in total. The van der Waals surface area contributed by atoms with E-state index in [0.717, 1.165) is 0 Å². The van der Waals surface area contributed by atoms with Crippen LogP contribution in [0.3, 0.4) is 0 Å². The van der Waals surface area contributed by atoms with Crippen molar-refractivity contribution in [2.24, 2.45) is 0 Å². The van der Waals surface area contributed by atoms with Gasteiger partial charge in [-0.25, -0.2) is 0 Å². The van der Waals surface area contributed by atoms with Gasteiger partial charge < -0.3 is 19.8 Å². The molecule has 0 aliphatic carbocycles. The molecule has 0 spiro atoms. The second-order valence-corrected chi connectivity index (χ2v) is 2.38. The molecule has 1 rings (SSSR count). The number of carbonyl (C=O) groups is 2. The number of aromatic carboxylic acids is 1. The molecular weight excluding hydrogens is 184 g/mol. The van der Waals surface area contributed by atoms with Crippen LogP contribution in [0.25, 0.3) is 0 Å². The zero-order chi connectivity index (χ0) is 11.0. The van der Waals surface area contributed by atoms with Gasteiger partial charge in [0.1, 0.15) is 0 Å². The first-order chi connectivity index (χ1) is 6.57. The fourth-order valence-corrected chi connectivity index (χ4v) is 0.574. The van der Waals surface area contributed by atoms with E-state index in [9.17, 15) is 19.8 Å². The molecule has 14 heavy (non-hydrogen) atoms. The molecule has 4 nitrogen and oxygen atoms in total. The number of hydrogen-bond donors (Lipinski definition) is 0. The fourth-order valence-electron chi connectivity index (χ4n) is 0.574. The van der Waals surface area contributed by atoms with Crippen molar-refractivity contribution >= 4 is 11.9 Å². The molecule has 0 saturated heterocycles. The van der Waals surface area contributed by atoms with Crippen LogP contribution in [-0.2, 0) is 4.79 Å². The second kappa shape index (κ2) is 6.65. The average Bonchev–Trinajstić information content (AvgIpc) is 2.20. The standard InChI is InChI=1S/C7H6O2.C3H6O2/c8-7(9)6-4-2-1-3-5-6;1-2-3(4)5/h1-5H,(H,8,9);2H2,1H3,(H,4,5)/p-2. The summed E-state index contributed by atoms with van der Waals surface area (Å²) in [6.45, 7) is 1.54. The highest BCUT2D eigenvalue weighted by Gasteiger charge is 1.85. The third kappa shape index (κ3) is 5.77. The fraction of sp³-hybridized carbons (Fsp3) is 0.200. The van der Waals surface area contributed by atoms with E-state index in [-0.39, 0.29) is 12.0 Å². The van der Waals surface area contributed by atoms with Crippen molar-refractivity contribution in [1.82, 2.24) is 0 Å². The first-order valence-electron chi connectivity index (χ1n) is 4.04. The summed E-state index contributed by atoms with van der Waals surface area (Å²) >= 11 is 0. The quantitative estimate of drug-likeness (QED) is 0.617. The summed E-state index contributed by atoms with van der Waals surface area (Å²) < 4.78 is 0. The van der Waals surface area contributed by atoms with E-state index in [2.05, 4.69) is 0 Å². The van der Waals surface area contributed by atoms with Gasteiger partial charge in [-0.3, -0.25) is 0 Å². The van der Waals surface area contributed by atoms with Gasteiger partial charge in [0.05, 0.1) is 5.97 Å². The van der Waals surface area contributed by atoms with Crippen molar-refractivity contribution in [3.63, 3.8) is 0 Å². The normalized spacial score (nSPS) is 8.36. The number of carbonyl (C=O) groups excluding carboxylic acids is 2. The minimum atomic E-state index is -1.13. The van der Waals surface area contributed by atoms with Crippen LogP contribution in [0.2, 0.25) is 0 Å². The van der Waals surface area contributed by atoms with E-state index in [1.54, 1.807) is 18.2 Å². The summed E-state index contributed by atoms with van der Waals surface area (Å²) in [6.07, 6.45) is 0.111. The van der Waals surface area contributed by atoms with E-state index >= 15 is 0 Å². The molecule has 0 atom stereocenters. The molecule has 4 heteroatoms. The Bertz CT molecular complexity index is 292.